The Labute approximate surface area is 62.2 Å². The summed E-state index contributed by atoms with van der Waals surface area (Å²) in [6.07, 6.45) is 0.988. The van der Waals surface area contributed by atoms with Gasteiger partial charge in [0.15, 0.2) is 0 Å². The van der Waals surface area contributed by atoms with Crippen LogP contribution in [0.5, 0.6) is 0 Å². The molecule has 2 heteroatoms. The quantitative estimate of drug-likeness (QED) is 0.497. The van der Waals surface area contributed by atoms with Crippen molar-refractivity contribution in [2.45, 2.75) is 33.2 Å². The molecule has 0 spiro atoms. The number of nitrogens with zero attached hydrogens (tertiary/aromatic N) is 1. The van der Waals surface area contributed by atoms with Gasteiger partial charge in [-0.25, -0.2) is 0 Å². The molecular formula is C8H15NO. The fourth-order valence-corrected chi connectivity index (χ4v) is 1.64. The summed E-state index contributed by atoms with van der Waals surface area (Å²) in [6.45, 7) is 6.11. The SMILES string of the molecule is CC1CC(C)(C)C(=O)N1C. The highest BCUT2D eigenvalue weighted by atomic mass is 16.2. The Morgan fingerprint density at radius 3 is 2.20 bits per heavy atom. The van der Waals surface area contributed by atoms with Crippen LogP contribution < -0.4 is 0 Å². The number of amides is 1. The summed E-state index contributed by atoms with van der Waals surface area (Å²) in [6, 6.07) is 0.419. The van der Waals surface area contributed by atoms with Crippen molar-refractivity contribution < 1.29 is 4.79 Å². The van der Waals surface area contributed by atoms with Gasteiger partial charge in [0.25, 0.3) is 0 Å². The topological polar surface area (TPSA) is 20.3 Å². The zero-order valence-electron chi connectivity index (χ0n) is 7.14. The zero-order valence-corrected chi connectivity index (χ0v) is 7.14. The first-order valence-corrected chi connectivity index (χ1v) is 3.72. The highest BCUT2D eigenvalue weighted by Crippen LogP contribution is 2.33. The maximum absolute atomic E-state index is 11.4. The van der Waals surface area contributed by atoms with E-state index in [2.05, 4.69) is 6.92 Å². The van der Waals surface area contributed by atoms with Crippen molar-refractivity contribution in [1.82, 2.24) is 4.90 Å². The number of hydrogen-bond acceptors (Lipinski definition) is 1. The molecule has 1 aliphatic rings. The fourth-order valence-electron chi connectivity index (χ4n) is 1.64. The van der Waals surface area contributed by atoms with Gasteiger partial charge in [-0.05, 0) is 13.3 Å². The van der Waals surface area contributed by atoms with E-state index in [-0.39, 0.29) is 11.3 Å². The predicted molar refractivity (Wildman–Crippen MR) is 40.6 cm³/mol. The molecule has 1 saturated heterocycles. The van der Waals surface area contributed by atoms with Gasteiger partial charge in [0, 0.05) is 18.5 Å². The van der Waals surface area contributed by atoms with Crippen LogP contribution in [0.3, 0.4) is 0 Å². The molecule has 1 fully saturated rings. The van der Waals surface area contributed by atoms with Crippen LogP contribution >= 0.6 is 0 Å². The van der Waals surface area contributed by atoms with E-state index in [4.69, 9.17) is 0 Å². The van der Waals surface area contributed by atoms with E-state index in [1.807, 2.05) is 25.8 Å². The Morgan fingerprint density at radius 2 is 2.10 bits per heavy atom. The van der Waals surface area contributed by atoms with E-state index < -0.39 is 0 Å². The molecule has 1 aliphatic heterocycles. The van der Waals surface area contributed by atoms with Crippen LogP contribution in [0.2, 0.25) is 0 Å². The molecule has 10 heavy (non-hydrogen) atoms. The number of carbonyl (C=O) groups excluding carboxylic acids is 1. The molecule has 1 unspecified atom stereocenters. The monoisotopic (exact) mass is 141 g/mol. The molecule has 1 amide bonds. The zero-order chi connectivity index (χ0) is 7.94. The first-order chi connectivity index (χ1) is 4.45. The van der Waals surface area contributed by atoms with Crippen molar-refractivity contribution >= 4 is 5.91 Å². The first kappa shape index (κ1) is 7.58. The van der Waals surface area contributed by atoms with Crippen LogP contribution in [-0.2, 0) is 4.79 Å². The lowest BCUT2D eigenvalue weighted by molar-refractivity contribution is -0.134. The van der Waals surface area contributed by atoms with Crippen LogP contribution in [0, 0.1) is 5.41 Å². The molecule has 0 N–H and O–H groups in total. The van der Waals surface area contributed by atoms with Gasteiger partial charge in [-0.2, -0.15) is 0 Å². The normalized spacial score (nSPS) is 31.4. The van der Waals surface area contributed by atoms with Gasteiger partial charge < -0.3 is 4.90 Å². The van der Waals surface area contributed by atoms with Gasteiger partial charge in [0.05, 0.1) is 0 Å². The van der Waals surface area contributed by atoms with Crippen LogP contribution in [-0.4, -0.2) is 23.9 Å². The molecule has 58 valence electrons. The predicted octanol–water partition coefficient (Wildman–Crippen LogP) is 1.26. The molecule has 2 nitrogen and oxygen atoms in total. The van der Waals surface area contributed by atoms with Crippen molar-refractivity contribution in [3.05, 3.63) is 0 Å². The number of likely N-dealkylation sites (tertiary alicyclic amines) is 1. The number of rotatable bonds is 0. The molecule has 1 rings (SSSR count). The molecule has 0 aliphatic carbocycles. The molecule has 0 saturated carbocycles. The minimum atomic E-state index is -0.117. The molecule has 0 bridgehead atoms. The largest absolute Gasteiger partial charge is 0.343 e. The lowest BCUT2D eigenvalue weighted by Gasteiger charge is -2.15. The van der Waals surface area contributed by atoms with Crippen molar-refractivity contribution in [3.63, 3.8) is 0 Å². The summed E-state index contributed by atoms with van der Waals surface area (Å²) < 4.78 is 0. The maximum atomic E-state index is 11.4. The average Bonchev–Trinajstić information content (AvgIpc) is 1.95. The third-order valence-electron chi connectivity index (χ3n) is 2.37. The van der Waals surface area contributed by atoms with Crippen molar-refractivity contribution in [2.75, 3.05) is 7.05 Å². The van der Waals surface area contributed by atoms with Crippen molar-refractivity contribution in [1.29, 1.82) is 0 Å². The van der Waals surface area contributed by atoms with Crippen LogP contribution in [0.15, 0.2) is 0 Å². The van der Waals surface area contributed by atoms with Gasteiger partial charge >= 0.3 is 0 Å². The van der Waals surface area contributed by atoms with E-state index in [1.54, 1.807) is 0 Å². The van der Waals surface area contributed by atoms with Crippen LogP contribution in [0.1, 0.15) is 27.2 Å². The summed E-state index contributed by atoms with van der Waals surface area (Å²) in [4.78, 5) is 13.2. The Bertz CT molecular complexity index is 163. The summed E-state index contributed by atoms with van der Waals surface area (Å²) in [7, 11) is 1.88. The molecule has 1 heterocycles. The Morgan fingerprint density at radius 1 is 1.60 bits per heavy atom. The molecule has 0 aromatic carbocycles. The molecular weight excluding hydrogens is 126 g/mol. The van der Waals surface area contributed by atoms with E-state index in [0.29, 0.717) is 6.04 Å². The van der Waals surface area contributed by atoms with E-state index in [9.17, 15) is 4.79 Å². The van der Waals surface area contributed by atoms with Crippen LogP contribution in [0.4, 0.5) is 0 Å². The summed E-state index contributed by atoms with van der Waals surface area (Å²) in [5.41, 5.74) is -0.117. The second-order valence-electron chi connectivity index (χ2n) is 3.85. The summed E-state index contributed by atoms with van der Waals surface area (Å²) in [5.74, 6) is 0.278. The second kappa shape index (κ2) is 1.97. The minimum absolute atomic E-state index is 0.117. The van der Waals surface area contributed by atoms with Gasteiger partial charge in [0.2, 0.25) is 5.91 Å². The molecule has 0 aromatic rings. The lowest BCUT2D eigenvalue weighted by Crippen LogP contribution is -2.29. The van der Waals surface area contributed by atoms with Gasteiger partial charge in [0.1, 0.15) is 0 Å². The standard InChI is InChI=1S/C8H15NO/c1-6-5-8(2,3)7(10)9(6)4/h6H,5H2,1-4H3. The second-order valence-corrected chi connectivity index (χ2v) is 3.85. The highest BCUT2D eigenvalue weighted by Gasteiger charge is 2.40. The first-order valence-electron chi connectivity index (χ1n) is 3.72. The van der Waals surface area contributed by atoms with E-state index in [0.717, 1.165) is 6.42 Å². The van der Waals surface area contributed by atoms with Gasteiger partial charge in [-0.3, -0.25) is 4.79 Å². The third-order valence-corrected chi connectivity index (χ3v) is 2.37. The molecule has 0 radical (unpaired) electrons. The van der Waals surface area contributed by atoms with E-state index >= 15 is 0 Å². The average molecular weight is 141 g/mol. The van der Waals surface area contributed by atoms with Crippen molar-refractivity contribution in [3.8, 4) is 0 Å². The summed E-state index contributed by atoms with van der Waals surface area (Å²) >= 11 is 0. The number of hydrogen-bond donors (Lipinski definition) is 0. The highest BCUT2D eigenvalue weighted by molar-refractivity contribution is 5.84. The van der Waals surface area contributed by atoms with Crippen LogP contribution in [0.25, 0.3) is 0 Å². The summed E-state index contributed by atoms with van der Waals surface area (Å²) in [5, 5.41) is 0. The van der Waals surface area contributed by atoms with E-state index in [1.165, 1.54) is 0 Å². The fraction of sp³-hybridized carbons (Fsp3) is 0.875. The lowest BCUT2D eigenvalue weighted by atomic mass is 9.90. The number of carbonyl (C=O) groups is 1. The molecule has 1 atom stereocenters. The Balaban J connectivity index is 2.82. The minimum Gasteiger partial charge on any atom is -0.343 e. The Kier molecular flexibility index (Phi) is 1.50. The van der Waals surface area contributed by atoms with Gasteiger partial charge in [-0.15, -0.1) is 0 Å². The third kappa shape index (κ3) is 0.917. The molecule has 0 aromatic heterocycles. The maximum Gasteiger partial charge on any atom is 0.228 e. The van der Waals surface area contributed by atoms with Crippen molar-refractivity contribution in [2.24, 2.45) is 5.41 Å². The smallest absolute Gasteiger partial charge is 0.228 e. The Hall–Kier alpha value is -0.530. The van der Waals surface area contributed by atoms with Gasteiger partial charge in [-0.1, -0.05) is 13.8 Å².